The number of ketones is 3. The molecule has 16 rings (SSSR count). The normalized spacial score (nSPS) is 27.4. The van der Waals surface area contributed by atoms with Crippen LogP contribution in [0.3, 0.4) is 0 Å². The first kappa shape index (κ1) is 88.7. The first-order valence-corrected chi connectivity index (χ1v) is 43.1. The predicted octanol–water partition coefficient (Wildman–Crippen LogP) is 8.16. The summed E-state index contributed by atoms with van der Waals surface area (Å²) in [5.41, 5.74) is 4.48. The maximum Gasteiger partial charge on any atom is 0.325 e. The Morgan fingerprint density at radius 3 is 1.93 bits per heavy atom. The number of carbonyl (C=O) groups is 9. The number of fused-ring (bicyclic) bond motifs is 15. The van der Waals surface area contributed by atoms with E-state index >= 15 is 28.8 Å². The maximum absolute atomic E-state index is 16.6. The number of phenols is 3. The average molecular weight is 1730 g/mol. The van der Waals surface area contributed by atoms with Gasteiger partial charge in [-0.3, -0.25) is 43.7 Å². The fraction of sp³-hybridized carbons (Fsp3) is 0.477. The number of ether oxygens (including phenoxy) is 5. The highest BCUT2D eigenvalue weighted by atomic mass is 35.5. The summed E-state index contributed by atoms with van der Waals surface area (Å²) < 4.78 is 58.3. The number of anilines is 1. The third-order valence-electron chi connectivity index (χ3n) is 24.0. The van der Waals surface area contributed by atoms with E-state index in [-0.39, 0.29) is 122 Å². The van der Waals surface area contributed by atoms with Crippen molar-refractivity contribution in [2.75, 3.05) is 30.8 Å². The second kappa shape index (κ2) is 37.8. The van der Waals surface area contributed by atoms with Crippen molar-refractivity contribution in [1.82, 2.24) is 31.3 Å². The molecule has 10 aliphatic rings. The summed E-state index contributed by atoms with van der Waals surface area (Å²) >= 11 is 14.3. The quantitative estimate of drug-likeness (QED) is 0.0285. The molecule has 17 N–H and O–H groups in total. The molecule has 4 aliphatic carbocycles. The molecule has 6 aromatic rings. The first-order chi connectivity index (χ1) is 57.6. The Bertz CT molecular complexity index is 5050. The second-order valence-electron chi connectivity index (χ2n) is 33.0. The Morgan fingerprint density at radius 1 is 0.669 bits per heavy atom. The number of amides is 7. The van der Waals surface area contributed by atoms with Gasteiger partial charge in [-0.1, -0.05) is 69.1 Å². The molecule has 0 radical (unpaired) electrons. The number of nitrogens with one attached hydrogen (secondary N) is 7. The highest BCUT2D eigenvalue weighted by Gasteiger charge is 2.51. The van der Waals surface area contributed by atoms with Crippen molar-refractivity contribution < 1.29 is 116 Å². The van der Waals surface area contributed by atoms with E-state index in [0.717, 1.165) is 68.5 Å². The minimum absolute atomic E-state index is 0.0385. The van der Waals surface area contributed by atoms with Crippen LogP contribution in [0.1, 0.15) is 169 Å². The fourth-order valence-corrected chi connectivity index (χ4v) is 19.7. The lowest BCUT2D eigenvalue weighted by Gasteiger charge is -2.54. The lowest BCUT2D eigenvalue weighted by Crippen LogP contribution is -2.60. The summed E-state index contributed by atoms with van der Waals surface area (Å²) in [6, 6.07) is 11.7. The molecule has 648 valence electrons. The van der Waals surface area contributed by atoms with Gasteiger partial charge < -0.3 is 96.9 Å². The summed E-state index contributed by atoms with van der Waals surface area (Å²) in [6.07, 6.45) is -10.8. The molecule has 32 nitrogen and oxygen atoms in total. The van der Waals surface area contributed by atoms with Crippen LogP contribution in [-0.2, 0) is 53.1 Å². The molecule has 7 amide bonds. The molecule has 35 heteroatoms. The Labute approximate surface area is 707 Å². The molecule has 6 heterocycles. The van der Waals surface area contributed by atoms with Crippen molar-refractivity contribution in [2.24, 2.45) is 53.1 Å². The Morgan fingerprint density at radius 2 is 1.31 bits per heavy atom. The summed E-state index contributed by atoms with van der Waals surface area (Å²) in [7, 11) is -3.45. The third-order valence-corrected chi connectivity index (χ3v) is 26.1. The minimum Gasteiger partial charge on any atom is -0.508 e. The van der Waals surface area contributed by atoms with Gasteiger partial charge in [-0.2, -0.15) is 0 Å². The number of phenolic OH excluding ortho intramolecular Hbond substituents is 3. The fourth-order valence-electron chi connectivity index (χ4n) is 18.1. The van der Waals surface area contributed by atoms with Gasteiger partial charge in [-0.05, 0) is 200 Å². The van der Waals surface area contributed by atoms with Gasteiger partial charge in [0.05, 0.1) is 34.2 Å². The van der Waals surface area contributed by atoms with Crippen LogP contribution in [-0.4, -0.2) is 170 Å². The molecule has 6 aromatic carbocycles. The molecule has 0 spiro atoms. The molecule has 6 aliphatic heterocycles. The van der Waals surface area contributed by atoms with E-state index in [1.165, 1.54) is 66.7 Å². The molecule has 14 atom stereocenters. The Balaban J connectivity index is 0.951. The van der Waals surface area contributed by atoms with Crippen LogP contribution in [0, 0.1) is 47.3 Å². The molecule has 4 saturated carbocycles. The second-order valence-corrected chi connectivity index (χ2v) is 35.7. The Hall–Kier alpha value is -10.0. The number of imide groups is 1. The number of carbonyl (C=O) groups excluding carboxylic acids is 9. The molecule has 5 fully saturated rings. The number of nitrogens with two attached hydrogens (primary N) is 1. The van der Waals surface area contributed by atoms with Crippen molar-refractivity contribution in [3.8, 4) is 62.9 Å². The van der Waals surface area contributed by atoms with Crippen LogP contribution in [0.4, 0.5) is 10.5 Å². The molecule has 0 aromatic heterocycles. The van der Waals surface area contributed by atoms with Gasteiger partial charge in [0, 0.05) is 67.6 Å². The molecule has 0 unspecified atom stereocenters. The number of hydrogen-bond acceptors (Lipinski definition) is 25. The molecule has 15 bridgehead atoms. The summed E-state index contributed by atoms with van der Waals surface area (Å²) in [6.45, 7) is 6.98. The van der Waals surface area contributed by atoms with Crippen molar-refractivity contribution in [3.05, 3.63) is 141 Å². The molecule has 1 saturated heterocycles. The van der Waals surface area contributed by atoms with Crippen LogP contribution in [0.25, 0.3) is 11.1 Å². The van der Waals surface area contributed by atoms with Crippen LogP contribution >= 0.6 is 23.2 Å². The Kier molecular flexibility index (Phi) is 27.7. The van der Waals surface area contributed by atoms with Crippen LogP contribution in [0.5, 0.6) is 51.7 Å². The van der Waals surface area contributed by atoms with Crippen molar-refractivity contribution in [3.63, 3.8) is 0 Å². The van der Waals surface area contributed by atoms with Crippen molar-refractivity contribution in [1.29, 1.82) is 0 Å². The number of halogens is 2. The standard InChI is InChI=1S/C86H100Cl2N8O24S/c1-5-20-121(114,115)90-18-7-19-116-52-13-11-50(12-14-52)91-86(113)92-69(103)33-49-30-61(100)73(95-81(109)42(6-2)21-39(3)4)75(104)44-9-16-64(57(87)28-44)117-66-31-48-32-67(80(66)120-85-79(108)78(107)77(106)68(38-89)119-85)118-65-17-10-45(29-58(65)88)76(105)74-84(112)94-72(63(102)36-53-46-23-40-22-41(25-46)26-47(53)24-40)56-34-51(97)35-60(99)70(56)55-27-43(8-15-59(55)98)54(83(111)96-74)37-62(101)71(48)93-82(49)110/h8-17,27-29,31-32,34-35,39-42,46-47,49,53-54,68,71-79,85,90,97-99,104-108H,5-7,18-26,30,33,36-38,89H2,1-4H3,(H,93,110)(H,94,112)(H,95,109)(H,96,111)(H2,91,92,103,113)/t40?,41?,42-,46?,47?,49+,53?,54-,68-,71-,72+,73+,74+,75-,76-,77-,78+,79-,85+/m1/s1. The lowest BCUT2D eigenvalue weighted by atomic mass is 9.51. The van der Waals surface area contributed by atoms with Gasteiger partial charge in [-0.15, -0.1) is 0 Å². The van der Waals surface area contributed by atoms with E-state index < -0.39 is 208 Å². The summed E-state index contributed by atoms with van der Waals surface area (Å²) in [5.74, 6) is -15.9. The zero-order valence-electron chi connectivity index (χ0n) is 66.7. The molecular weight excluding hydrogens is 1630 g/mol. The zero-order valence-corrected chi connectivity index (χ0v) is 69.1. The maximum atomic E-state index is 16.6. The van der Waals surface area contributed by atoms with E-state index in [0.29, 0.717) is 36.8 Å². The predicted molar refractivity (Wildman–Crippen MR) is 438 cm³/mol. The lowest BCUT2D eigenvalue weighted by molar-refractivity contribution is -0.270. The number of benzene rings is 6. The van der Waals surface area contributed by atoms with E-state index in [1.54, 1.807) is 13.8 Å². The third kappa shape index (κ3) is 20.2. The molecular formula is C86H100Cl2N8O24S. The first-order valence-electron chi connectivity index (χ1n) is 40.7. The largest absolute Gasteiger partial charge is 0.508 e. The zero-order chi connectivity index (χ0) is 86.7. The smallest absolute Gasteiger partial charge is 0.325 e. The number of urea groups is 1. The van der Waals surface area contributed by atoms with Crippen LogP contribution in [0.2, 0.25) is 10.0 Å². The summed E-state index contributed by atoms with van der Waals surface area (Å²) in [4.78, 5) is 139. The van der Waals surface area contributed by atoms with Gasteiger partial charge in [-0.25, -0.2) is 17.9 Å². The van der Waals surface area contributed by atoms with Crippen molar-refractivity contribution in [2.45, 2.75) is 184 Å². The van der Waals surface area contributed by atoms with Gasteiger partial charge in [0.25, 0.3) is 0 Å². The number of aromatic hydroxyl groups is 3. The average Bonchev–Trinajstić information content (AvgIpc) is 0.761. The van der Waals surface area contributed by atoms with Gasteiger partial charge in [0.2, 0.25) is 51.6 Å². The van der Waals surface area contributed by atoms with E-state index in [4.69, 9.17) is 52.6 Å². The van der Waals surface area contributed by atoms with Gasteiger partial charge in [0.15, 0.2) is 28.8 Å². The SMILES string of the molecule is CCCS(=O)(=O)NCCCOc1ccc(NC(=O)NC(=O)C[C@@H]2CC(=O)[C@H](NC(=O)[C@H](CC)CC(C)C)[C@H](O)c3ccc(c(Cl)c3)Oc3cc4cc(c3O[C@@H]3O[C@H](CN)[C@@H](O)[C@H](O)[C@H]3O)Oc3ccc(cc3Cl)[C@@H](O)[C@@H]3NC(=O)[C@H](CC(=O)[C@@H]4NC2=O)c2ccc(O)c(c2)-c2c(O)cc(O)cc2[C@@H](C(=O)CC2C4CC5CC(C4)CC2C5)NC3=O)cc1. The molecule has 121 heavy (non-hydrogen) atoms. The highest BCUT2D eigenvalue weighted by molar-refractivity contribution is 7.89. The minimum atomic E-state index is -3.45. The van der Waals surface area contributed by atoms with E-state index in [1.807, 2.05) is 13.8 Å². The number of Topliss-reactive ketones (excluding diaryl/α,β-unsaturated/α-hetero) is 3. The van der Waals surface area contributed by atoms with Gasteiger partial charge in [0.1, 0.15) is 95.3 Å². The van der Waals surface area contributed by atoms with Crippen LogP contribution < -0.4 is 61.3 Å². The van der Waals surface area contributed by atoms with Crippen molar-refractivity contribution >= 4 is 91.8 Å². The highest BCUT2D eigenvalue weighted by Crippen LogP contribution is 2.58. The monoisotopic (exact) mass is 1730 g/mol. The number of rotatable bonds is 22. The van der Waals surface area contributed by atoms with Gasteiger partial charge >= 0.3 is 6.03 Å². The van der Waals surface area contributed by atoms with E-state index in [2.05, 4.69) is 36.6 Å². The number of aliphatic hydroxyl groups excluding tert-OH is 5. The number of sulfonamides is 1. The summed E-state index contributed by atoms with van der Waals surface area (Å²) in [5, 5.41) is 110. The van der Waals surface area contributed by atoms with Crippen LogP contribution in [0.15, 0.2) is 103 Å². The number of hydrogen-bond donors (Lipinski definition) is 16. The number of aliphatic hydroxyl groups is 5. The topological polar surface area (TPSA) is 506 Å². The van der Waals surface area contributed by atoms with E-state index in [9.17, 15) is 63.7 Å².